The first kappa shape index (κ1) is 21.6. The van der Waals surface area contributed by atoms with Crippen LogP contribution in [0.2, 0.25) is 0 Å². The summed E-state index contributed by atoms with van der Waals surface area (Å²) in [4.78, 5) is 23.8. The molecular weight excluding hydrogens is 469 g/mol. The second kappa shape index (κ2) is 8.17. The van der Waals surface area contributed by atoms with E-state index >= 15 is 0 Å². The number of pyridine rings is 2. The molecule has 1 aliphatic rings. The van der Waals surface area contributed by atoms with Crippen LogP contribution in [0.25, 0.3) is 55.8 Å². The molecule has 5 aromatic heterocycles. The molecule has 4 N–H and O–H groups in total. The molecule has 0 bridgehead atoms. The lowest BCUT2D eigenvalue weighted by molar-refractivity contribution is 0.514. The van der Waals surface area contributed by atoms with Gasteiger partial charge in [-0.15, -0.1) is 0 Å². The summed E-state index contributed by atoms with van der Waals surface area (Å²) in [5, 5.41) is 9.29. The number of nitrogens with one attached hydrogen (secondary N) is 2. The molecule has 1 fully saturated rings. The average molecular weight is 492 g/mol. The van der Waals surface area contributed by atoms with Crippen molar-refractivity contribution in [3.63, 3.8) is 0 Å². The third-order valence-corrected chi connectivity index (χ3v) is 6.69. The van der Waals surface area contributed by atoms with Gasteiger partial charge in [-0.1, -0.05) is 0 Å². The summed E-state index contributed by atoms with van der Waals surface area (Å²) >= 11 is 0. The highest BCUT2D eigenvalue weighted by Crippen LogP contribution is 2.34. The Hall–Kier alpha value is -4.70. The molecule has 0 amide bonds. The minimum atomic E-state index is -0.286. The highest BCUT2D eigenvalue weighted by Gasteiger charge is 2.25. The van der Waals surface area contributed by atoms with Crippen LogP contribution in [0.4, 0.5) is 10.2 Å². The predicted molar refractivity (Wildman–Crippen MR) is 140 cm³/mol. The van der Waals surface area contributed by atoms with Gasteiger partial charge in [0.1, 0.15) is 17.3 Å². The summed E-state index contributed by atoms with van der Waals surface area (Å²) in [5.41, 5.74) is 12.8. The molecule has 0 radical (unpaired) electrons. The van der Waals surface area contributed by atoms with Crippen LogP contribution >= 0.6 is 0 Å². The summed E-state index contributed by atoms with van der Waals surface area (Å²) in [6, 6.07) is 11.0. The van der Waals surface area contributed by atoms with Gasteiger partial charge in [0.25, 0.3) is 0 Å². The van der Waals surface area contributed by atoms with Gasteiger partial charge in [0.2, 0.25) is 0 Å². The molecule has 1 saturated heterocycles. The number of benzene rings is 1. The van der Waals surface area contributed by atoms with Crippen LogP contribution in [0, 0.1) is 12.7 Å². The number of nitrogens with zero attached hydrogens (tertiary/aromatic N) is 6. The van der Waals surface area contributed by atoms with Crippen molar-refractivity contribution in [3.05, 3.63) is 72.6 Å². The molecule has 0 aliphatic carbocycles. The van der Waals surface area contributed by atoms with E-state index in [0.717, 1.165) is 69.0 Å². The van der Waals surface area contributed by atoms with Crippen LogP contribution in [0.5, 0.6) is 0 Å². The van der Waals surface area contributed by atoms with Crippen LogP contribution in [-0.2, 0) is 0 Å². The number of hydrogen-bond donors (Lipinski definition) is 3. The lowest BCUT2D eigenvalue weighted by atomic mass is 10.0. The third kappa shape index (κ3) is 3.69. The molecule has 182 valence electrons. The van der Waals surface area contributed by atoms with Gasteiger partial charge in [-0.25, -0.2) is 14.4 Å². The molecule has 10 heteroatoms. The second-order valence-electron chi connectivity index (χ2n) is 9.44. The van der Waals surface area contributed by atoms with E-state index in [9.17, 15) is 4.39 Å². The Bertz CT molecular complexity index is 1780. The smallest absolute Gasteiger partial charge is 0.155 e. The maximum atomic E-state index is 14.1. The Morgan fingerprint density at radius 2 is 1.86 bits per heavy atom. The zero-order valence-corrected chi connectivity index (χ0v) is 19.9. The van der Waals surface area contributed by atoms with Crippen LogP contribution in [-0.4, -0.2) is 54.2 Å². The average Bonchev–Trinajstić information content (AvgIpc) is 3.49. The molecule has 6 aromatic rings. The van der Waals surface area contributed by atoms with Gasteiger partial charge in [-0.05, 0) is 48.9 Å². The highest BCUT2D eigenvalue weighted by molar-refractivity contribution is 6.00. The monoisotopic (exact) mass is 491 g/mol. The number of fused-ring (bicyclic) bond motifs is 2. The summed E-state index contributed by atoms with van der Waals surface area (Å²) in [6.45, 7) is 3.41. The number of halogens is 1. The number of anilines is 1. The first-order valence-electron chi connectivity index (χ1n) is 11.9. The number of aromatic nitrogens is 7. The Morgan fingerprint density at radius 3 is 2.70 bits per heavy atom. The number of hydrogen-bond acceptors (Lipinski definition) is 7. The zero-order chi connectivity index (χ0) is 25.1. The van der Waals surface area contributed by atoms with E-state index in [2.05, 4.69) is 35.0 Å². The van der Waals surface area contributed by atoms with Gasteiger partial charge in [0, 0.05) is 58.9 Å². The van der Waals surface area contributed by atoms with Crippen LogP contribution in [0.3, 0.4) is 0 Å². The molecule has 1 aromatic carbocycles. The minimum Gasteiger partial charge on any atom is -0.353 e. The van der Waals surface area contributed by atoms with E-state index in [-0.39, 0.29) is 11.9 Å². The molecule has 0 unspecified atom stereocenters. The molecule has 0 atom stereocenters. The zero-order valence-electron chi connectivity index (χ0n) is 19.9. The van der Waals surface area contributed by atoms with Gasteiger partial charge in [-0.2, -0.15) is 5.10 Å². The fraction of sp³-hybridized carbons (Fsp3) is 0.148. The quantitative estimate of drug-likeness (QED) is 0.337. The van der Waals surface area contributed by atoms with Crippen molar-refractivity contribution in [2.45, 2.75) is 13.0 Å². The largest absolute Gasteiger partial charge is 0.353 e. The van der Waals surface area contributed by atoms with Gasteiger partial charge >= 0.3 is 0 Å². The fourth-order valence-corrected chi connectivity index (χ4v) is 4.88. The molecule has 0 saturated carbocycles. The van der Waals surface area contributed by atoms with Gasteiger partial charge in [0.15, 0.2) is 5.65 Å². The van der Waals surface area contributed by atoms with Crippen LogP contribution in [0.15, 0.2) is 61.2 Å². The topological polar surface area (TPSA) is 125 Å². The van der Waals surface area contributed by atoms with E-state index in [1.807, 2.05) is 31.2 Å². The molecule has 37 heavy (non-hydrogen) atoms. The van der Waals surface area contributed by atoms with Crippen LogP contribution < -0.4 is 10.6 Å². The van der Waals surface area contributed by atoms with Crippen LogP contribution in [0.1, 0.15) is 5.56 Å². The number of aromatic amines is 2. The minimum absolute atomic E-state index is 0.175. The van der Waals surface area contributed by atoms with E-state index in [0.29, 0.717) is 11.3 Å². The normalized spacial score (nSPS) is 14.0. The number of rotatable bonds is 4. The van der Waals surface area contributed by atoms with Crippen molar-refractivity contribution in [3.8, 4) is 33.9 Å². The number of aryl methyl sites for hydroxylation is 1. The van der Waals surface area contributed by atoms with Crippen molar-refractivity contribution in [1.82, 2.24) is 35.1 Å². The third-order valence-electron chi connectivity index (χ3n) is 6.69. The Kier molecular flexibility index (Phi) is 4.76. The van der Waals surface area contributed by atoms with Gasteiger partial charge in [-0.3, -0.25) is 15.1 Å². The van der Waals surface area contributed by atoms with Gasteiger partial charge in [0.05, 0.1) is 29.5 Å². The Morgan fingerprint density at radius 1 is 0.973 bits per heavy atom. The standard InChI is InChI=1S/C27H22FN9/c1-14-4-15(6-17(28)5-14)25-19-8-22(33-21(19)2-3-31-25)26-20-7-16(9-32-27(20)36-35-26)23-10-30-11-24(34-23)37-12-18(29)13-37/h2-11,18,33H,12-13,29H2,1H3,(H,32,35,36). The van der Waals surface area contributed by atoms with E-state index in [1.165, 1.54) is 12.1 Å². The van der Waals surface area contributed by atoms with E-state index in [4.69, 9.17) is 10.7 Å². The van der Waals surface area contributed by atoms with Crippen molar-refractivity contribution in [1.29, 1.82) is 0 Å². The Balaban J connectivity index is 1.31. The Labute approximate surface area is 210 Å². The first-order chi connectivity index (χ1) is 18.0. The lowest BCUT2D eigenvalue weighted by Crippen LogP contribution is -2.56. The second-order valence-corrected chi connectivity index (χ2v) is 9.44. The molecule has 7 rings (SSSR count). The van der Waals surface area contributed by atoms with E-state index in [1.54, 1.807) is 24.8 Å². The van der Waals surface area contributed by atoms with Crippen molar-refractivity contribution < 1.29 is 4.39 Å². The van der Waals surface area contributed by atoms with Crippen molar-refractivity contribution in [2.24, 2.45) is 5.73 Å². The molecule has 0 spiro atoms. The first-order valence-corrected chi connectivity index (χ1v) is 11.9. The van der Waals surface area contributed by atoms with Gasteiger partial charge < -0.3 is 15.6 Å². The molecule has 6 heterocycles. The molecule has 1 aliphatic heterocycles. The predicted octanol–water partition coefficient (Wildman–Crippen LogP) is 4.22. The molecule has 9 nitrogen and oxygen atoms in total. The SMILES string of the molecule is Cc1cc(F)cc(-c2nccc3[nH]c(-c4n[nH]c5ncc(-c6cncc(N7CC(N)C7)n6)cc45)cc23)c1. The summed E-state index contributed by atoms with van der Waals surface area (Å²) < 4.78 is 14.1. The maximum Gasteiger partial charge on any atom is 0.155 e. The lowest BCUT2D eigenvalue weighted by Gasteiger charge is -2.37. The fourth-order valence-electron chi connectivity index (χ4n) is 4.88. The number of H-pyrrole nitrogens is 2. The number of nitrogens with two attached hydrogens (primary N) is 1. The summed E-state index contributed by atoms with van der Waals surface area (Å²) in [7, 11) is 0. The van der Waals surface area contributed by atoms with Crippen molar-refractivity contribution in [2.75, 3.05) is 18.0 Å². The van der Waals surface area contributed by atoms with Crippen molar-refractivity contribution >= 4 is 27.8 Å². The highest BCUT2D eigenvalue weighted by atomic mass is 19.1. The maximum absolute atomic E-state index is 14.1. The van der Waals surface area contributed by atoms with E-state index < -0.39 is 0 Å². The summed E-state index contributed by atoms with van der Waals surface area (Å²) in [5.74, 6) is 0.514. The summed E-state index contributed by atoms with van der Waals surface area (Å²) in [6.07, 6.45) is 6.96. The molecular formula is C27H22FN9.